The van der Waals surface area contributed by atoms with Crippen molar-refractivity contribution in [3.05, 3.63) is 89.7 Å². The second-order valence-electron chi connectivity index (χ2n) is 16.1. The van der Waals surface area contributed by atoms with Gasteiger partial charge >= 0.3 is 0 Å². The Hall–Kier alpha value is -3.34. The standard InChI is InChI=1S/C40H46N2SSi/c1-25-30(23-40(5,6)7)17-26(22-39(2,3)4)18-33(25)28-15-16-32-34(20-28)43-38-36(41-24-42-37(32)38)29-19-27-13-11-12-14-31(27)35(21-29)44(8,9)10/h11-21,24H,22-23H2,1-10H3. The number of hydrogen-bond donors (Lipinski definition) is 0. The molecule has 0 unspecified atom stereocenters. The third-order valence-corrected chi connectivity index (χ3v) is 11.7. The van der Waals surface area contributed by atoms with Crippen LogP contribution in [0.2, 0.25) is 19.6 Å². The third kappa shape index (κ3) is 6.12. The predicted octanol–water partition coefficient (Wildman–Crippen LogP) is 11.4. The van der Waals surface area contributed by atoms with Crippen LogP contribution in [0.1, 0.15) is 58.2 Å². The van der Waals surface area contributed by atoms with E-state index < -0.39 is 8.07 Å². The predicted molar refractivity (Wildman–Crippen MR) is 197 cm³/mol. The van der Waals surface area contributed by atoms with Gasteiger partial charge < -0.3 is 0 Å². The first kappa shape index (κ1) is 30.7. The van der Waals surface area contributed by atoms with Crippen LogP contribution in [0.15, 0.2) is 73.1 Å². The first-order chi connectivity index (χ1) is 20.6. The molecule has 0 saturated carbocycles. The minimum Gasteiger partial charge on any atom is -0.235 e. The van der Waals surface area contributed by atoms with Gasteiger partial charge in [-0.2, -0.15) is 0 Å². The van der Waals surface area contributed by atoms with Crippen LogP contribution in [0, 0.1) is 17.8 Å². The average molecular weight is 615 g/mol. The highest BCUT2D eigenvalue weighted by Crippen LogP contribution is 2.41. The number of aromatic nitrogens is 2. The molecule has 0 radical (unpaired) electrons. The summed E-state index contributed by atoms with van der Waals surface area (Å²) in [4.78, 5) is 9.73. The molecule has 0 atom stereocenters. The van der Waals surface area contributed by atoms with Gasteiger partial charge in [-0.15, -0.1) is 11.3 Å². The number of fused-ring (bicyclic) bond motifs is 4. The molecule has 0 amide bonds. The minimum atomic E-state index is -1.59. The Labute approximate surface area is 268 Å². The zero-order chi connectivity index (χ0) is 31.6. The van der Waals surface area contributed by atoms with Gasteiger partial charge in [0.15, 0.2) is 0 Å². The lowest BCUT2D eigenvalue weighted by Crippen LogP contribution is -2.38. The maximum atomic E-state index is 4.90. The van der Waals surface area contributed by atoms with Gasteiger partial charge in [0, 0.05) is 15.6 Å². The van der Waals surface area contributed by atoms with Crippen LogP contribution < -0.4 is 5.19 Å². The summed E-state index contributed by atoms with van der Waals surface area (Å²) in [7, 11) is -1.59. The van der Waals surface area contributed by atoms with Crippen LogP contribution in [-0.2, 0) is 12.8 Å². The minimum absolute atomic E-state index is 0.227. The monoisotopic (exact) mass is 614 g/mol. The first-order valence-electron chi connectivity index (χ1n) is 15.9. The Morgan fingerprint density at radius 2 is 1.45 bits per heavy atom. The van der Waals surface area contributed by atoms with Crippen molar-refractivity contribution < 1.29 is 0 Å². The van der Waals surface area contributed by atoms with Crippen molar-refractivity contribution in [3.63, 3.8) is 0 Å². The lowest BCUT2D eigenvalue weighted by molar-refractivity contribution is 0.405. The first-order valence-corrected chi connectivity index (χ1v) is 20.2. The molecule has 226 valence electrons. The molecule has 2 nitrogen and oxygen atoms in total. The summed E-state index contributed by atoms with van der Waals surface area (Å²) in [6.07, 6.45) is 3.88. The summed E-state index contributed by atoms with van der Waals surface area (Å²) in [6.45, 7) is 23.6. The summed E-state index contributed by atoms with van der Waals surface area (Å²) in [5, 5.41) is 5.35. The Balaban J connectivity index is 1.52. The van der Waals surface area contributed by atoms with Crippen molar-refractivity contribution in [1.29, 1.82) is 0 Å². The Bertz CT molecular complexity index is 2030. The number of rotatable bonds is 5. The Morgan fingerprint density at radius 3 is 2.16 bits per heavy atom. The number of thiophene rings is 1. The zero-order valence-corrected chi connectivity index (χ0v) is 30.0. The molecule has 0 aliphatic carbocycles. The smallest absolute Gasteiger partial charge is 0.116 e. The molecule has 0 bridgehead atoms. The normalized spacial score (nSPS) is 13.0. The van der Waals surface area contributed by atoms with Gasteiger partial charge in [0.2, 0.25) is 0 Å². The maximum absolute atomic E-state index is 4.90. The molecule has 0 N–H and O–H groups in total. The molecular weight excluding hydrogens is 569 g/mol. The van der Waals surface area contributed by atoms with E-state index in [-0.39, 0.29) is 10.8 Å². The van der Waals surface area contributed by atoms with Crippen LogP contribution in [0.25, 0.3) is 53.5 Å². The van der Waals surface area contributed by atoms with E-state index in [0.717, 1.165) is 24.1 Å². The quantitative estimate of drug-likeness (QED) is 0.181. The molecule has 4 heteroatoms. The molecule has 4 aromatic carbocycles. The fraction of sp³-hybridized carbons (Fsp3) is 0.350. The fourth-order valence-electron chi connectivity index (χ4n) is 6.63. The molecule has 0 aliphatic rings. The van der Waals surface area contributed by atoms with Crippen molar-refractivity contribution in [3.8, 4) is 22.4 Å². The maximum Gasteiger partial charge on any atom is 0.116 e. The van der Waals surface area contributed by atoms with E-state index >= 15 is 0 Å². The number of hydrogen-bond acceptors (Lipinski definition) is 3. The van der Waals surface area contributed by atoms with E-state index in [4.69, 9.17) is 9.97 Å². The highest BCUT2D eigenvalue weighted by atomic mass is 32.1. The van der Waals surface area contributed by atoms with Gasteiger partial charge in [-0.3, -0.25) is 0 Å². The van der Waals surface area contributed by atoms with E-state index in [9.17, 15) is 0 Å². The lowest BCUT2D eigenvalue weighted by Gasteiger charge is -2.24. The fourth-order valence-corrected chi connectivity index (χ4v) is 9.46. The molecule has 2 aromatic heterocycles. The van der Waals surface area contributed by atoms with Crippen LogP contribution in [0.4, 0.5) is 0 Å². The second-order valence-corrected chi connectivity index (χ2v) is 22.2. The van der Waals surface area contributed by atoms with E-state index in [1.54, 1.807) is 6.33 Å². The molecule has 0 fully saturated rings. The summed E-state index contributed by atoms with van der Waals surface area (Å²) in [5.74, 6) is 0. The summed E-state index contributed by atoms with van der Waals surface area (Å²) >= 11 is 1.83. The van der Waals surface area contributed by atoms with Gasteiger partial charge in [-0.25, -0.2) is 9.97 Å². The SMILES string of the molecule is Cc1c(CC(C)(C)C)cc(CC(C)(C)C)cc1-c1ccc2c(c1)sc1c(-c3cc([Si](C)(C)C)c4ccccc4c3)ncnc12. The topological polar surface area (TPSA) is 25.8 Å². The van der Waals surface area contributed by atoms with Crippen molar-refractivity contribution in [1.82, 2.24) is 9.97 Å². The van der Waals surface area contributed by atoms with Gasteiger partial charge in [-0.05, 0) is 81.3 Å². The van der Waals surface area contributed by atoms with E-state index in [1.165, 1.54) is 64.1 Å². The van der Waals surface area contributed by atoms with Crippen LogP contribution in [0.5, 0.6) is 0 Å². The molecule has 0 saturated heterocycles. The summed E-state index contributed by atoms with van der Waals surface area (Å²) < 4.78 is 2.44. The second kappa shape index (κ2) is 10.9. The van der Waals surface area contributed by atoms with Gasteiger partial charge in [0.05, 0.1) is 24.0 Å². The molecule has 6 rings (SSSR count). The molecule has 0 spiro atoms. The van der Waals surface area contributed by atoms with Crippen LogP contribution >= 0.6 is 11.3 Å². The molecule has 6 aromatic rings. The van der Waals surface area contributed by atoms with Crippen molar-refractivity contribution in [2.45, 2.75) is 80.9 Å². The van der Waals surface area contributed by atoms with Gasteiger partial charge in [0.1, 0.15) is 6.33 Å². The van der Waals surface area contributed by atoms with E-state index in [0.29, 0.717) is 0 Å². The third-order valence-electron chi connectivity index (χ3n) is 8.54. The average Bonchev–Trinajstić information content (AvgIpc) is 3.30. The van der Waals surface area contributed by atoms with Gasteiger partial charge in [-0.1, -0.05) is 121 Å². The molecule has 0 aliphatic heterocycles. The zero-order valence-electron chi connectivity index (χ0n) is 28.1. The highest BCUT2D eigenvalue weighted by molar-refractivity contribution is 7.26. The highest BCUT2D eigenvalue weighted by Gasteiger charge is 2.23. The van der Waals surface area contributed by atoms with E-state index in [1.807, 2.05) is 11.3 Å². The summed E-state index contributed by atoms with van der Waals surface area (Å²) in [6, 6.07) is 25.4. The largest absolute Gasteiger partial charge is 0.235 e. The summed E-state index contributed by atoms with van der Waals surface area (Å²) in [5.41, 5.74) is 10.7. The van der Waals surface area contributed by atoms with Crippen molar-refractivity contribution in [2.75, 3.05) is 0 Å². The Morgan fingerprint density at radius 1 is 0.727 bits per heavy atom. The number of nitrogens with zero attached hydrogens (tertiary/aromatic N) is 2. The Kier molecular flexibility index (Phi) is 7.61. The van der Waals surface area contributed by atoms with Crippen LogP contribution in [-0.4, -0.2) is 18.0 Å². The van der Waals surface area contributed by atoms with Crippen molar-refractivity contribution in [2.24, 2.45) is 10.8 Å². The molecular formula is C40H46N2SSi. The number of benzene rings is 4. The van der Waals surface area contributed by atoms with Gasteiger partial charge in [0.25, 0.3) is 0 Å². The van der Waals surface area contributed by atoms with E-state index in [2.05, 4.69) is 135 Å². The molecule has 2 heterocycles. The van der Waals surface area contributed by atoms with Crippen molar-refractivity contribution >= 4 is 55.7 Å². The lowest BCUT2D eigenvalue weighted by atomic mass is 9.81. The molecule has 44 heavy (non-hydrogen) atoms. The van der Waals surface area contributed by atoms with Crippen LogP contribution in [0.3, 0.4) is 0 Å².